The lowest BCUT2D eigenvalue weighted by Gasteiger charge is -2.32. The van der Waals surface area contributed by atoms with E-state index in [0.29, 0.717) is 5.92 Å². The molecule has 0 aromatic heterocycles. The average Bonchev–Trinajstić information content (AvgIpc) is 2.79. The van der Waals surface area contributed by atoms with Crippen LogP contribution in [0, 0.1) is 22.7 Å². The molecule has 0 saturated heterocycles. The molecule has 0 heterocycles. The summed E-state index contributed by atoms with van der Waals surface area (Å²) in [5.74, 6) is 0.601. The lowest BCUT2D eigenvalue weighted by Crippen LogP contribution is -2.35. The molecule has 33 heavy (non-hydrogen) atoms. The number of hydrogen-bond donors (Lipinski definition) is 0. The molecule has 0 spiro atoms. The van der Waals surface area contributed by atoms with E-state index in [1.54, 1.807) is 0 Å². The van der Waals surface area contributed by atoms with Crippen molar-refractivity contribution in [2.24, 2.45) is 32.7 Å². The largest absolute Gasteiger partial charge is 0.290 e. The minimum Gasteiger partial charge on any atom is -0.290 e. The van der Waals surface area contributed by atoms with Crippen LogP contribution in [0.1, 0.15) is 89.0 Å². The standard InChI is InChI=1S/C31H50N2/c1-14-30(8,9)24(6)18-16-21(3)26-20-23(5)27(29(33-13)28(26)32-12)22(4)17-19-25(7)31(10,11)15-2/h16-20,23,27H,14-15H2,1-13H3/b21-16+,22-17+,24-18+,25-19+,32-28?,33-29?. The second-order valence-corrected chi connectivity index (χ2v) is 11.0. The Hall–Kier alpha value is -1.96. The molecule has 0 bridgehead atoms. The number of allylic oxidation sites excluding steroid dienone is 10. The van der Waals surface area contributed by atoms with E-state index in [4.69, 9.17) is 9.98 Å². The van der Waals surface area contributed by atoms with Gasteiger partial charge in [-0.25, -0.2) is 0 Å². The van der Waals surface area contributed by atoms with Crippen LogP contribution < -0.4 is 0 Å². The number of hydrogen-bond acceptors (Lipinski definition) is 2. The van der Waals surface area contributed by atoms with E-state index in [9.17, 15) is 0 Å². The smallest absolute Gasteiger partial charge is 0.0859 e. The molecule has 0 radical (unpaired) electrons. The zero-order valence-electron chi connectivity index (χ0n) is 23.9. The Labute approximate surface area is 205 Å². The maximum atomic E-state index is 4.77. The maximum Gasteiger partial charge on any atom is 0.0859 e. The first-order valence-electron chi connectivity index (χ1n) is 12.6. The third-order valence-corrected chi connectivity index (χ3v) is 8.21. The fraction of sp³-hybridized carbons (Fsp3) is 0.613. The van der Waals surface area contributed by atoms with Gasteiger partial charge in [-0.1, -0.05) is 95.6 Å². The third kappa shape index (κ3) is 7.01. The van der Waals surface area contributed by atoms with E-state index in [0.717, 1.165) is 24.3 Å². The Balaban J connectivity index is 3.44. The molecule has 0 saturated carbocycles. The molecule has 2 unspecified atom stereocenters. The summed E-state index contributed by atoms with van der Waals surface area (Å²) in [7, 11) is 3.80. The van der Waals surface area contributed by atoms with Crippen molar-refractivity contribution in [3.63, 3.8) is 0 Å². The lowest BCUT2D eigenvalue weighted by molar-refractivity contribution is 0.429. The number of rotatable bonds is 8. The lowest BCUT2D eigenvalue weighted by atomic mass is 9.73. The molecule has 2 atom stereocenters. The van der Waals surface area contributed by atoms with Crippen LogP contribution in [0.15, 0.2) is 68.2 Å². The quantitative estimate of drug-likeness (QED) is 0.330. The Morgan fingerprint density at radius 3 is 1.73 bits per heavy atom. The molecule has 1 aliphatic carbocycles. The first-order valence-corrected chi connectivity index (χ1v) is 12.6. The van der Waals surface area contributed by atoms with Crippen molar-refractivity contribution in [2.45, 2.75) is 89.0 Å². The molecule has 0 aromatic rings. The monoisotopic (exact) mass is 450 g/mol. The van der Waals surface area contributed by atoms with Crippen molar-refractivity contribution in [2.75, 3.05) is 14.1 Å². The van der Waals surface area contributed by atoms with Crippen LogP contribution in [0.2, 0.25) is 0 Å². The summed E-state index contributed by atoms with van der Waals surface area (Å²) in [4.78, 5) is 9.49. The normalized spacial score (nSPS) is 24.6. The highest BCUT2D eigenvalue weighted by molar-refractivity contribution is 6.51. The minimum absolute atomic E-state index is 0.216. The average molecular weight is 451 g/mol. The van der Waals surface area contributed by atoms with Crippen molar-refractivity contribution in [3.8, 4) is 0 Å². The van der Waals surface area contributed by atoms with Gasteiger partial charge < -0.3 is 0 Å². The predicted octanol–water partition coefficient (Wildman–Crippen LogP) is 8.98. The van der Waals surface area contributed by atoms with Crippen LogP contribution in [0.25, 0.3) is 0 Å². The molecule has 1 aliphatic rings. The molecule has 0 aliphatic heterocycles. The Bertz CT molecular complexity index is 911. The van der Waals surface area contributed by atoms with Gasteiger partial charge in [-0.2, -0.15) is 0 Å². The van der Waals surface area contributed by atoms with Crippen LogP contribution in [0.5, 0.6) is 0 Å². The molecule has 0 aromatic carbocycles. The highest BCUT2D eigenvalue weighted by Crippen LogP contribution is 2.35. The first kappa shape index (κ1) is 29.1. The van der Waals surface area contributed by atoms with Crippen molar-refractivity contribution in [1.29, 1.82) is 0 Å². The summed E-state index contributed by atoms with van der Waals surface area (Å²) in [5, 5.41) is 0. The molecular weight excluding hydrogens is 400 g/mol. The Morgan fingerprint density at radius 1 is 0.818 bits per heavy atom. The van der Waals surface area contributed by atoms with Crippen LogP contribution in [0.3, 0.4) is 0 Å². The van der Waals surface area contributed by atoms with Gasteiger partial charge in [0, 0.05) is 25.6 Å². The molecule has 2 heteroatoms. The molecule has 2 nitrogen and oxygen atoms in total. The SMILES string of the molecule is CCC(C)(C)/C(C)=C/C=C(\C)C1=CC(C)C(/C(C)=C/C=C(\C)C(C)(C)CC)C(=NC)C1=NC. The highest BCUT2D eigenvalue weighted by atomic mass is 14.8. The molecular formula is C31H50N2. The van der Waals surface area contributed by atoms with Crippen molar-refractivity contribution in [3.05, 3.63) is 58.2 Å². The molecule has 0 fully saturated rings. The van der Waals surface area contributed by atoms with Gasteiger partial charge in [0.2, 0.25) is 0 Å². The van der Waals surface area contributed by atoms with Crippen LogP contribution in [-0.2, 0) is 0 Å². The molecule has 0 amide bonds. The Kier molecular flexibility index (Phi) is 10.5. The van der Waals surface area contributed by atoms with Gasteiger partial charge in [0.05, 0.1) is 11.4 Å². The molecule has 1 rings (SSSR count). The van der Waals surface area contributed by atoms with Crippen molar-refractivity contribution >= 4 is 11.4 Å². The number of aliphatic imine (C=N–C) groups is 2. The molecule has 184 valence electrons. The van der Waals surface area contributed by atoms with Crippen molar-refractivity contribution < 1.29 is 0 Å². The van der Waals surface area contributed by atoms with E-state index in [1.165, 1.54) is 27.9 Å². The van der Waals surface area contributed by atoms with Gasteiger partial charge >= 0.3 is 0 Å². The van der Waals surface area contributed by atoms with Crippen molar-refractivity contribution in [1.82, 2.24) is 0 Å². The van der Waals surface area contributed by atoms with Gasteiger partial charge in [0.1, 0.15) is 0 Å². The zero-order valence-corrected chi connectivity index (χ0v) is 23.9. The van der Waals surface area contributed by atoms with E-state index in [2.05, 4.69) is 107 Å². The van der Waals surface area contributed by atoms with E-state index in [1.807, 2.05) is 14.1 Å². The Morgan fingerprint density at radius 2 is 1.30 bits per heavy atom. The summed E-state index contributed by atoms with van der Waals surface area (Å²) in [6.45, 7) is 25.0. The minimum atomic E-state index is 0.216. The van der Waals surface area contributed by atoms with E-state index >= 15 is 0 Å². The second kappa shape index (κ2) is 12.0. The topological polar surface area (TPSA) is 24.7 Å². The summed E-state index contributed by atoms with van der Waals surface area (Å²) in [6, 6.07) is 0. The predicted molar refractivity (Wildman–Crippen MR) is 151 cm³/mol. The zero-order chi connectivity index (χ0) is 25.6. The second-order valence-electron chi connectivity index (χ2n) is 11.0. The number of nitrogens with zero attached hydrogens (tertiary/aromatic N) is 2. The first-order chi connectivity index (χ1) is 15.3. The van der Waals surface area contributed by atoms with Gasteiger partial charge in [0.25, 0.3) is 0 Å². The van der Waals surface area contributed by atoms with E-state index in [-0.39, 0.29) is 16.7 Å². The fourth-order valence-electron chi connectivity index (χ4n) is 4.11. The van der Waals surface area contributed by atoms with Crippen LogP contribution >= 0.6 is 0 Å². The maximum absolute atomic E-state index is 4.77. The fourth-order valence-corrected chi connectivity index (χ4v) is 4.11. The van der Waals surface area contributed by atoms with Gasteiger partial charge in [-0.3, -0.25) is 9.98 Å². The van der Waals surface area contributed by atoms with Gasteiger partial charge in [-0.05, 0) is 62.9 Å². The summed E-state index contributed by atoms with van der Waals surface area (Å²) in [6.07, 6.45) is 13.8. The summed E-state index contributed by atoms with van der Waals surface area (Å²) in [5.41, 5.74) is 9.18. The summed E-state index contributed by atoms with van der Waals surface area (Å²) < 4.78 is 0. The van der Waals surface area contributed by atoms with Crippen LogP contribution in [0.4, 0.5) is 0 Å². The third-order valence-electron chi connectivity index (χ3n) is 8.21. The highest BCUT2D eigenvalue weighted by Gasteiger charge is 2.33. The van der Waals surface area contributed by atoms with Gasteiger partial charge in [0.15, 0.2) is 0 Å². The van der Waals surface area contributed by atoms with E-state index < -0.39 is 0 Å². The van der Waals surface area contributed by atoms with Crippen LogP contribution in [-0.4, -0.2) is 25.5 Å². The summed E-state index contributed by atoms with van der Waals surface area (Å²) >= 11 is 0. The molecule has 0 N–H and O–H groups in total. The van der Waals surface area contributed by atoms with Gasteiger partial charge in [-0.15, -0.1) is 0 Å².